The smallest absolute Gasteiger partial charge is 0.244 e. The van der Waals surface area contributed by atoms with E-state index in [-0.39, 0.29) is 11.9 Å². The zero-order valence-corrected chi connectivity index (χ0v) is 12.1. The van der Waals surface area contributed by atoms with Crippen LogP contribution in [0, 0.1) is 12.8 Å². The largest absolute Gasteiger partial charge is 0.350 e. The van der Waals surface area contributed by atoms with E-state index < -0.39 is 0 Å². The summed E-state index contributed by atoms with van der Waals surface area (Å²) >= 11 is 6.02. The van der Waals surface area contributed by atoms with E-state index in [1.807, 2.05) is 32.0 Å². The minimum atomic E-state index is -0.0760. The second-order valence-corrected chi connectivity index (χ2v) is 5.29. The number of carbonyl (C=O) groups is 1. The molecule has 0 fully saturated rings. The molecular weight excluding hydrogens is 246 g/mol. The molecule has 1 amide bonds. The van der Waals surface area contributed by atoms with E-state index in [9.17, 15) is 4.79 Å². The quantitative estimate of drug-likeness (QED) is 0.824. The molecule has 0 aromatic heterocycles. The zero-order valence-electron chi connectivity index (χ0n) is 11.3. The molecule has 0 aliphatic rings. The van der Waals surface area contributed by atoms with Crippen LogP contribution in [0.5, 0.6) is 0 Å². The number of rotatable bonds is 4. The van der Waals surface area contributed by atoms with Crippen LogP contribution >= 0.6 is 11.6 Å². The maximum Gasteiger partial charge on any atom is 0.244 e. The Morgan fingerprint density at radius 1 is 1.33 bits per heavy atom. The van der Waals surface area contributed by atoms with Crippen molar-refractivity contribution < 1.29 is 4.79 Å². The molecule has 0 saturated carbocycles. The van der Waals surface area contributed by atoms with Gasteiger partial charge in [-0.25, -0.2) is 0 Å². The second kappa shape index (κ2) is 6.60. The normalized spacial score (nSPS) is 13.0. The number of benzene rings is 1. The number of halogens is 1. The standard InChI is InChI=1S/C15H20ClNO/c1-10(2)12(4)17-15(18)8-7-13-6-5-11(3)14(16)9-13/h5-10,12H,1-4H3,(H,17,18)/b8-7+. The highest BCUT2D eigenvalue weighted by Gasteiger charge is 2.08. The molecule has 0 heterocycles. The Hall–Kier alpha value is -1.28. The molecule has 1 aromatic rings. The van der Waals surface area contributed by atoms with Crippen molar-refractivity contribution in [2.24, 2.45) is 5.92 Å². The van der Waals surface area contributed by atoms with Gasteiger partial charge in [-0.1, -0.05) is 37.6 Å². The minimum absolute atomic E-state index is 0.0760. The molecule has 1 unspecified atom stereocenters. The molecule has 0 bridgehead atoms. The van der Waals surface area contributed by atoms with Gasteiger partial charge in [0.2, 0.25) is 5.91 Å². The highest BCUT2D eigenvalue weighted by molar-refractivity contribution is 6.31. The number of amides is 1. The van der Waals surface area contributed by atoms with Crippen LogP contribution in [0.15, 0.2) is 24.3 Å². The van der Waals surface area contributed by atoms with Crippen LogP contribution in [0.2, 0.25) is 5.02 Å². The van der Waals surface area contributed by atoms with Gasteiger partial charge in [-0.2, -0.15) is 0 Å². The molecule has 2 nitrogen and oxygen atoms in total. The summed E-state index contributed by atoms with van der Waals surface area (Å²) in [6.07, 6.45) is 3.31. The molecule has 0 aliphatic heterocycles. The van der Waals surface area contributed by atoms with Crippen molar-refractivity contribution in [2.75, 3.05) is 0 Å². The lowest BCUT2D eigenvalue weighted by atomic mass is 10.1. The van der Waals surface area contributed by atoms with Gasteiger partial charge in [0.1, 0.15) is 0 Å². The maximum absolute atomic E-state index is 11.7. The van der Waals surface area contributed by atoms with Crippen molar-refractivity contribution >= 4 is 23.6 Å². The Bertz CT molecular complexity index is 452. The average molecular weight is 266 g/mol. The van der Waals surface area contributed by atoms with E-state index in [1.54, 1.807) is 12.2 Å². The summed E-state index contributed by atoms with van der Waals surface area (Å²) in [5.74, 6) is 0.351. The Labute approximate surface area is 114 Å². The van der Waals surface area contributed by atoms with Crippen LogP contribution in [0.3, 0.4) is 0 Å². The van der Waals surface area contributed by atoms with Gasteiger partial charge in [0.15, 0.2) is 0 Å². The highest BCUT2D eigenvalue weighted by atomic mass is 35.5. The van der Waals surface area contributed by atoms with E-state index in [4.69, 9.17) is 11.6 Å². The van der Waals surface area contributed by atoms with E-state index >= 15 is 0 Å². The third-order valence-corrected chi connectivity index (χ3v) is 3.40. The van der Waals surface area contributed by atoms with Crippen molar-refractivity contribution in [3.05, 3.63) is 40.4 Å². The fourth-order valence-electron chi connectivity index (χ4n) is 1.32. The molecule has 1 aromatic carbocycles. The monoisotopic (exact) mass is 265 g/mol. The van der Waals surface area contributed by atoms with Crippen molar-refractivity contribution in [1.82, 2.24) is 5.32 Å². The van der Waals surface area contributed by atoms with Gasteiger partial charge in [0, 0.05) is 17.1 Å². The second-order valence-electron chi connectivity index (χ2n) is 4.88. The number of aryl methyl sites for hydroxylation is 1. The first-order valence-electron chi connectivity index (χ1n) is 6.15. The first-order valence-corrected chi connectivity index (χ1v) is 6.52. The molecule has 0 aliphatic carbocycles. The molecule has 18 heavy (non-hydrogen) atoms. The minimum Gasteiger partial charge on any atom is -0.350 e. The molecule has 1 rings (SSSR count). The van der Waals surface area contributed by atoms with Crippen molar-refractivity contribution in [2.45, 2.75) is 33.7 Å². The number of hydrogen-bond donors (Lipinski definition) is 1. The van der Waals surface area contributed by atoms with Gasteiger partial charge < -0.3 is 5.32 Å². The van der Waals surface area contributed by atoms with Gasteiger partial charge in [-0.3, -0.25) is 4.79 Å². The molecule has 0 spiro atoms. The third kappa shape index (κ3) is 4.53. The lowest BCUT2D eigenvalue weighted by Crippen LogP contribution is -2.34. The predicted molar refractivity (Wildman–Crippen MR) is 77.7 cm³/mol. The summed E-state index contributed by atoms with van der Waals surface area (Å²) in [6.45, 7) is 8.11. The molecular formula is C15H20ClNO. The Morgan fingerprint density at radius 3 is 2.56 bits per heavy atom. The summed E-state index contributed by atoms with van der Waals surface area (Å²) in [7, 11) is 0. The van der Waals surface area contributed by atoms with Crippen LogP contribution in [-0.2, 0) is 4.79 Å². The van der Waals surface area contributed by atoms with Gasteiger partial charge in [-0.05, 0) is 43.0 Å². The van der Waals surface area contributed by atoms with E-state index in [0.717, 1.165) is 11.1 Å². The summed E-state index contributed by atoms with van der Waals surface area (Å²) in [5.41, 5.74) is 1.96. The summed E-state index contributed by atoms with van der Waals surface area (Å²) in [5, 5.41) is 3.63. The summed E-state index contributed by atoms with van der Waals surface area (Å²) in [6, 6.07) is 5.91. The van der Waals surface area contributed by atoms with Crippen molar-refractivity contribution in [1.29, 1.82) is 0 Å². The summed E-state index contributed by atoms with van der Waals surface area (Å²) < 4.78 is 0. The Balaban J connectivity index is 2.63. The zero-order chi connectivity index (χ0) is 13.7. The number of carbonyl (C=O) groups excluding carboxylic acids is 1. The maximum atomic E-state index is 11.7. The molecule has 1 atom stereocenters. The first kappa shape index (κ1) is 14.8. The molecule has 0 radical (unpaired) electrons. The molecule has 1 N–H and O–H groups in total. The van der Waals surface area contributed by atoms with E-state index in [1.165, 1.54) is 0 Å². The molecule has 0 saturated heterocycles. The molecule has 3 heteroatoms. The average Bonchev–Trinajstić information content (AvgIpc) is 2.30. The van der Waals surface area contributed by atoms with Gasteiger partial charge >= 0.3 is 0 Å². The van der Waals surface area contributed by atoms with Gasteiger partial charge in [0.05, 0.1) is 0 Å². The fraction of sp³-hybridized carbons (Fsp3) is 0.400. The lowest BCUT2D eigenvalue weighted by molar-refractivity contribution is -0.117. The number of hydrogen-bond acceptors (Lipinski definition) is 1. The predicted octanol–water partition coefficient (Wildman–Crippen LogP) is 3.82. The summed E-state index contributed by atoms with van der Waals surface area (Å²) in [4.78, 5) is 11.7. The SMILES string of the molecule is Cc1ccc(/C=C/C(=O)NC(C)C(C)C)cc1Cl. The molecule has 98 valence electrons. The Morgan fingerprint density at radius 2 is 2.00 bits per heavy atom. The Kier molecular flexibility index (Phi) is 5.42. The highest BCUT2D eigenvalue weighted by Crippen LogP contribution is 2.17. The van der Waals surface area contributed by atoms with Crippen LogP contribution in [0.4, 0.5) is 0 Å². The van der Waals surface area contributed by atoms with Crippen molar-refractivity contribution in [3.8, 4) is 0 Å². The van der Waals surface area contributed by atoms with Crippen LogP contribution in [0.25, 0.3) is 6.08 Å². The van der Waals surface area contributed by atoms with E-state index in [2.05, 4.69) is 19.2 Å². The lowest BCUT2D eigenvalue weighted by Gasteiger charge is -2.15. The first-order chi connectivity index (χ1) is 8.40. The topological polar surface area (TPSA) is 29.1 Å². The number of nitrogens with one attached hydrogen (secondary N) is 1. The fourth-order valence-corrected chi connectivity index (χ4v) is 1.51. The van der Waals surface area contributed by atoms with Crippen LogP contribution < -0.4 is 5.32 Å². The van der Waals surface area contributed by atoms with Crippen molar-refractivity contribution in [3.63, 3.8) is 0 Å². The van der Waals surface area contributed by atoms with Gasteiger partial charge in [-0.15, -0.1) is 0 Å². The van der Waals surface area contributed by atoms with Gasteiger partial charge in [0.25, 0.3) is 0 Å². The van der Waals surface area contributed by atoms with Crippen LogP contribution in [-0.4, -0.2) is 11.9 Å². The van der Waals surface area contributed by atoms with E-state index in [0.29, 0.717) is 10.9 Å². The third-order valence-electron chi connectivity index (χ3n) is 2.99. The van der Waals surface area contributed by atoms with Crippen LogP contribution in [0.1, 0.15) is 31.9 Å².